The van der Waals surface area contributed by atoms with Gasteiger partial charge in [0.05, 0.1) is 8.66 Å². The fourth-order valence-corrected chi connectivity index (χ4v) is 2.62. The van der Waals surface area contributed by atoms with Crippen LogP contribution in [0.4, 0.5) is 0 Å². The van der Waals surface area contributed by atoms with Crippen LogP contribution in [0.3, 0.4) is 0 Å². The molecule has 1 N–H and O–H groups in total. The molecule has 0 aromatic carbocycles. The van der Waals surface area contributed by atoms with Crippen LogP contribution in [0.25, 0.3) is 0 Å². The zero-order valence-electron chi connectivity index (χ0n) is 6.83. The van der Waals surface area contributed by atoms with Gasteiger partial charge in [-0.2, -0.15) is 0 Å². The van der Waals surface area contributed by atoms with Gasteiger partial charge < -0.3 is 5.11 Å². The fourth-order valence-electron chi connectivity index (χ4n) is 0.947. The number of aliphatic carboxylic acids is 1. The first-order valence-electron chi connectivity index (χ1n) is 3.62. The minimum atomic E-state index is -1.40. The zero-order valence-corrected chi connectivity index (χ0v) is 9.24. The second-order valence-corrected chi connectivity index (χ2v) is 4.82. The van der Waals surface area contributed by atoms with Crippen molar-refractivity contribution < 1.29 is 14.7 Å². The van der Waals surface area contributed by atoms with Crippen molar-refractivity contribution in [2.45, 2.75) is 13.3 Å². The lowest BCUT2D eigenvalue weighted by molar-refractivity contribution is -0.131. The molecule has 0 aliphatic carbocycles. The summed E-state index contributed by atoms with van der Waals surface area (Å²) < 4.78 is 0.786. The molecule has 70 valence electrons. The van der Waals surface area contributed by atoms with Crippen LogP contribution in [0.2, 0.25) is 0 Å². The summed E-state index contributed by atoms with van der Waals surface area (Å²) in [7, 11) is 0. The lowest BCUT2D eigenvalue weighted by Gasteiger charge is -1.94. The van der Waals surface area contributed by atoms with Crippen molar-refractivity contribution in [3.05, 3.63) is 20.3 Å². The Balaban J connectivity index is 3.12. The molecule has 0 amide bonds. The van der Waals surface area contributed by atoms with Crippen LogP contribution in [0.5, 0.6) is 0 Å². The third-order valence-electron chi connectivity index (χ3n) is 1.56. The van der Waals surface area contributed by atoms with Gasteiger partial charge in [-0.05, 0) is 34.0 Å². The van der Waals surface area contributed by atoms with E-state index >= 15 is 0 Å². The number of carbonyl (C=O) groups is 2. The Labute approximate surface area is 87.5 Å². The van der Waals surface area contributed by atoms with Gasteiger partial charge in [-0.1, -0.05) is 6.92 Å². The molecule has 1 heterocycles. The molecule has 0 aliphatic rings. The van der Waals surface area contributed by atoms with Crippen LogP contribution in [0.1, 0.15) is 22.2 Å². The molecule has 0 bridgehead atoms. The molecule has 0 radical (unpaired) electrons. The Morgan fingerprint density at radius 2 is 2.23 bits per heavy atom. The van der Waals surface area contributed by atoms with Crippen molar-refractivity contribution in [1.82, 2.24) is 0 Å². The van der Waals surface area contributed by atoms with E-state index < -0.39 is 11.8 Å². The van der Waals surface area contributed by atoms with Gasteiger partial charge in [0, 0.05) is 0 Å². The Morgan fingerprint density at radius 3 is 2.69 bits per heavy atom. The maximum Gasteiger partial charge on any atom is 0.378 e. The van der Waals surface area contributed by atoms with Gasteiger partial charge in [-0.15, -0.1) is 11.3 Å². The van der Waals surface area contributed by atoms with Crippen LogP contribution in [0.15, 0.2) is 9.85 Å². The Bertz CT molecular complexity index is 356. The van der Waals surface area contributed by atoms with Gasteiger partial charge in [-0.3, -0.25) is 4.79 Å². The lowest BCUT2D eigenvalue weighted by atomic mass is 10.1. The van der Waals surface area contributed by atoms with E-state index in [0.717, 1.165) is 20.7 Å². The molecule has 0 saturated carbocycles. The van der Waals surface area contributed by atoms with Crippen LogP contribution in [-0.4, -0.2) is 16.9 Å². The largest absolute Gasteiger partial charge is 0.475 e. The number of Topliss-reactive ketones (excluding diaryl/α,β-unsaturated/α-hetero) is 1. The van der Waals surface area contributed by atoms with Gasteiger partial charge in [0.2, 0.25) is 0 Å². The van der Waals surface area contributed by atoms with Crippen LogP contribution in [0, 0.1) is 0 Å². The van der Waals surface area contributed by atoms with E-state index in [9.17, 15) is 9.59 Å². The summed E-state index contributed by atoms with van der Waals surface area (Å²) in [4.78, 5) is 21.9. The highest BCUT2D eigenvalue weighted by molar-refractivity contribution is 9.11. The van der Waals surface area contributed by atoms with Gasteiger partial charge >= 0.3 is 5.97 Å². The molecule has 3 nitrogen and oxygen atoms in total. The second kappa shape index (κ2) is 4.02. The molecule has 0 unspecified atom stereocenters. The molecule has 0 fully saturated rings. The van der Waals surface area contributed by atoms with E-state index in [0.29, 0.717) is 11.3 Å². The monoisotopic (exact) mass is 262 g/mol. The molecule has 5 heteroatoms. The van der Waals surface area contributed by atoms with Gasteiger partial charge in [-0.25, -0.2) is 4.79 Å². The molecule has 1 aromatic rings. The van der Waals surface area contributed by atoms with Gasteiger partial charge in [0.1, 0.15) is 0 Å². The molecule has 0 atom stereocenters. The number of ketones is 1. The van der Waals surface area contributed by atoms with Gasteiger partial charge in [0.15, 0.2) is 0 Å². The highest BCUT2D eigenvalue weighted by atomic mass is 79.9. The number of hydrogen-bond donors (Lipinski definition) is 1. The van der Waals surface area contributed by atoms with E-state index in [-0.39, 0.29) is 0 Å². The second-order valence-electron chi connectivity index (χ2n) is 2.39. The maximum atomic E-state index is 11.1. The van der Waals surface area contributed by atoms with Crippen molar-refractivity contribution in [3.63, 3.8) is 0 Å². The summed E-state index contributed by atoms with van der Waals surface area (Å²) in [6.45, 7) is 1.88. The zero-order chi connectivity index (χ0) is 10.0. The maximum absolute atomic E-state index is 11.1. The number of thiophene rings is 1. The molecular formula is C8H7BrO3S. The quantitative estimate of drug-likeness (QED) is 0.672. The number of hydrogen-bond acceptors (Lipinski definition) is 3. The summed E-state index contributed by atoms with van der Waals surface area (Å²) in [5, 5.41) is 8.51. The normalized spacial score (nSPS) is 10.0. The molecular weight excluding hydrogens is 256 g/mol. The van der Waals surface area contributed by atoms with Crippen molar-refractivity contribution in [2.75, 3.05) is 0 Å². The Hall–Kier alpha value is -0.680. The minimum absolute atomic E-state index is 0.321. The summed E-state index contributed by atoms with van der Waals surface area (Å²) in [6, 6.07) is 1.78. The van der Waals surface area contributed by atoms with E-state index in [1.807, 2.05) is 6.92 Å². The third kappa shape index (κ3) is 2.16. The smallest absolute Gasteiger partial charge is 0.378 e. The average molecular weight is 263 g/mol. The van der Waals surface area contributed by atoms with Crippen LogP contribution >= 0.6 is 27.3 Å². The van der Waals surface area contributed by atoms with E-state index in [1.54, 1.807) is 6.07 Å². The predicted octanol–water partition coefficient (Wildman–Crippen LogP) is 2.34. The summed E-state index contributed by atoms with van der Waals surface area (Å²) in [5.41, 5.74) is 0.782. The minimum Gasteiger partial charge on any atom is -0.475 e. The molecule has 1 aromatic heterocycles. The van der Waals surface area contributed by atoms with Crippen molar-refractivity contribution in [2.24, 2.45) is 0 Å². The van der Waals surface area contributed by atoms with Crippen molar-refractivity contribution in [1.29, 1.82) is 0 Å². The Morgan fingerprint density at radius 1 is 1.62 bits per heavy atom. The molecule has 0 saturated heterocycles. The number of aryl methyl sites for hydroxylation is 1. The van der Waals surface area contributed by atoms with E-state index in [2.05, 4.69) is 15.9 Å². The number of rotatable bonds is 3. The fraction of sp³-hybridized carbons (Fsp3) is 0.250. The summed E-state index contributed by atoms with van der Waals surface area (Å²) in [6.07, 6.45) is 0.663. The standard InChI is InChI=1S/C8H7BrO3S/c1-2-4-3-5(9)13-7(4)6(10)8(11)12/h3H,2H2,1H3,(H,11,12). The molecule has 13 heavy (non-hydrogen) atoms. The number of carboxylic acids is 1. The summed E-state index contributed by atoms with van der Waals surface area (Å²) >= 11 is 4.38. The lowest BCUT2D eigenvalue weighted by Crippen LogP contribution is -2.12. The molecule has 0 spiro atoms. The topological polar surface area (TPSA) is 54.4 Å². The first-order chi connectivity index (χ1) is 6.06. The van der Waals surface area contributed by atoms with Crippen LogP contribution < -0.4 is 0 Å². The third-order valence-corrected chi connectivity index (χ3v) is 3.24. The highest BCUT2D eigenvalue weighted by Crippen LogP contribution is 2.27. The summed E-state index contributed by atoms with van der Waals surface area (Å²) in [5.74, 6) is -2.23. The number of carboxylic acid groups (broad SMARTS) is 1. The molecule has 1 rings (SSSR count). The van der Waals surface area contributed by atoms with E-state index in [1.165, 1.54) is 0 Å². The highest BCUT2D eigenvalue weighted by Gasteiger charge is 2.20. The first-order valence-corrected chi connectivity index (χ1v) is 5.23. The van der Waals surface area contributed by atoms with Crippen molar-refractivity contribution in [3.8, 4) is 0 Å². The average Bonchev–Trinajstić information content (AvgIpc) is 2.45. The van der Waals surface area contributed by atoms with Crippen LogP contribution in [-0.2, 0) is 11.2 Å². The Kier molecular flexibility index (Phi) is 3.22. The first kappa shape index (κ1) is 10.4. The van der Waals surface area contributed by atoms with Crippen molar-refractivity contribution >= 4 is 39.0 Å². The number of carbonyl (C=O) groups excluding carboxylic acids is 1. The number of halogens is 1. The van der Waals surface area contributed by atoms with E-state index in [4.69, 9.17) is 5.11 Å². The van der Waals surface area contributed by atoms with Gasteiger partial charge in [0.25, 0.3) is 5.78 Å². The predicted molar refractivity (Wildman–Crippen MR) is 53.4 cm³/mol. The molecule has 0 aliphatic heterocycles. The SMILES string of the molecule is CCc1cc(Br)sc1C(=O)C(=O)O.